The van der Waals surface area contributed by atoms with Crippen molar-refractivity contribution in [3.05, 3.63) is 0 Å². The molecule has 0 saturated heterocycles. The summed E-state index contributed by atoms with van der Waals surface area (Å²) in [7, 11) is 1.63. The van der Waals surface area contributed by atoms with Gasteiger partial charge < -0.3 is 4.74 Å². The average molecular weight is 139 g/mol. The minimum atomic E-state index is -0.445. The second kappa shape index (κ2) is 2.59. The Hall–Kier alpha value is -0.550. The Morgan fingerprint density at radius 1 is 1.70 bits per heavy atom. The predicted molar refractivity (Wildman–Crippen MR) is 38.4 cm³/mol. The van der Waals surface area contributed by atoms with Gasteiger partial charge in [-0.3, -0.25) is 0 Å². The van der Waals surface area contributed by atoms with E-state index in [2.05, 4.69) is 13.0 Å². The lowest BCUT2D eigenvalue weighted by Gasteiger charge is -2.17. The average Bonchev–Trinajstić information content (AvgIpc) is 2.33. The van der Waals surface area contributed by atoms with Gasteiger partial charge in [0, 0.05) is 7.11 Å². The normalized spacial score (nSPS) is 39.5. The number of methoxy groups -OCH3 is 1. The Labute approximate surface area is 61.8 Å². The quantitative estimate of drug-likeness (QED) is 0.554. The molecular weight excluding hydrogens is 126 g/mol. The lowest BCUT2D eigenvalue weighted by Crippen LogP contribution is -2.24. The van der Waals surface area contributed by atoms with Crippen molar-refractivity contribution < 1.29 is 4.74 Å². The summed E-state index contributed by atoms with van der Waals surface area (Å²) in [5.41, 5.74) is -0.445. The standard InChI is InChI=1S/C8H13NO/c1-7-3-4-8(5-7,6-9)10-2/h7H,3-5H2,1-2H3. The molecule has 1 rings (SSSR count). The smallest absolute Gasteiger partial charge is 0.154 e. The van der Waals surface area contributed by atoms with Crippen molar-refractivity contribution in [1.29, 1.82) is 5.26 Å². The molecule has 0 heterocycles. The second-order valence-corrected chi connectivity index (χ2v) is 3.16. The minimum Gasteiger partial charge on any atom is -0.363 e. The third-order valence-electron chi connectivity index (χ3n) is 2.31. The monoisotopic (exact) mass is 139 g/mol. The molecule has 2 nitrogen and oxygen atoms in total. The van der Waals surface area contributed by atoms with E-state index in [-0.39, 0.29) is 0 Å². The fourth-order valence-electron chi connectivity index (χ4n) is 1.58. The summed E-state index contributed by atoms with van der Waals surface area (Å²) in [6, 6.07) is 2.24. The number of ether oxygens (including phenoxy) is 1. The molecule has 1 aliphatic carbocycles. The fraction of sp³-hybridized carbons (Fsp3) is 0.875. The molecule has 0 aliphatic heterocycles. The van der Waals surface area contributed by atoms with E-state index in [0.29, 0.717) is 5.92 Å². The molecule has 0 aromatic heterocycles. The maximum absolute atomic E-state index is 8.76. The number of hydrogen-bond acceptors (Lipinski definition) is 2. The summed E-state index contributed by atoms with van der Waals surface area (Å²) < 4.78 is 5.16. The van der Waals surface area contributed by atoms with Crippen molar-refractivity contribution >= 4 is 0 Å². The largest absolute Gasteiger partial charge is 0.363 e. The highest BCUT2D eigenvalue weighted by Crippen LogP contribution is 2.35. The summed E-state index contributed by atoms with van der Waals surface area (Å²) in [5.74, 6) is 0.652. The lowest BCUT2D eigenvalue weighted by atomic mass is 10.0. The molecule has 0 radical (unpaired) electrons. The van der Waals surface area contributed by atoms with Crippen LogP contribution in [0.5, 0.6) is 0 Å². The number of hydrogen-bond donors (Lipinski definition) is 0. The van der Waals surface area contributed by atoms with Gasteiger partial charge in [0.05, 0.1) is 6.07 Å². The molecule has 0 amide bonds. The van der Waals surface area contributed by atoms with Crippen LogP contribution in [0.2, 0.25) is 0 Å². The van der Waals surface area contributed by atoms with Crippen LogP contribution in [0.15, 0.2) is 0 Å². The molecule has 1 aliphatic rings. The van der Waals surface area contributed by atoms with Gasteiger partial charge in [-0.15, -0.1) is 0 Å². The number of nitriles is 1. The first-order valence-corrected chi connectivity index (χ1v) is 3.69. The highest BCUT2D eigenvalue weighted by Gasteiger charge is 2.37. The molecule has 0 bridgehead atoms. The van der Waals surface area contributed by atoms with Gasteiger partial charge in [0.15, 0.2) is 5.60 Å². The summed E-state index contributed by atoms with van der Waals surface area (Å²) in [5, 5.41) is 8.76. The van der Waals surface area contributed by atoms with Crippen LogP contribution in [0.25, 0.3) is 0 Å². The van der Waals surface area contributed by atoms with Crippen LogP contribution in [0.3, 0.4) is 0 Å². The molecule has 2 unspecified atom stereocenters. The molecule has 2 heteroatoms. The zero-order chi connectivity index (χ0) is 7.61. The Bertz CT molecular complexity index is 161. The molecule has 0 N–H and O–H groups in total. The lowest BCUT2D eigenvalue weighted by molar-refractivity contribution is 0.0426. The minimum absolute atomic E-state index is 0.445. The third kappa shape index (κ3) is 1.15. The van der Waals surface area contributed by atoms with Gasteiger partial charge in [0.25, 0.3) is 0 Å². The molecule has 10 heavy (non-hydrogen) atoms. The van der Waals surface area contributed by atoms with Crippen molar-refractivity contribution in [3.63, 3.8) is 0 Å². The highest BCUT2D eigenvalue weighted by atomic mass is 16.5. The van der Waals surface area contributed by atoms with E-state index in [1.54, 1.807) is 7.11 Å². The first kappa shape index (κ1) is 7.56. The maximum Gasteiger partial charge on any atom is 0.154 e. The Morgan fingerprint density at radius 2 is 2.40 bits per heavy atom. The third-order valence-corrected chi connectivity index (χ3v) is 2.31. The molecule has 0 aromatic rings. The second-order valence-electron chi connectivity index (χ2n) is 3.16. The number of rotatable bonds is 1. The van der Waals surface area contributed by atoms with Gasteiger partial charge >= 0.3 is 0 Å². The van der Waals surface area contributed by atoms with Crippen LogP contribution in [-0.4, -0.2) is 12.7 Å². The van der Waals surface area contributed by atoms with Gasteiger partial charge in [-0.2, -0.15) is 5.26 Å². The topological polar surface area (TPSA) is 33.0 Å². The van der Waals surface area contributed by atoms with E-state index in [1.165, 1.54) is 0 Å². The molecule has 1 saturated carbocycles. The van der Waals surface area contributed by atoms with Gasteiger partial charge in [-0.05, 0) is 25.2 Å². The first-order valence-electron chi connectivity index (χ1n) is 3.69. The van der Waals surface area contributed by atoms with Gasteiger partial charge in [-0.1, -0.05) is 6.92 Å². The van der Waals surface area contributed by atoms with Gasteiger partial charge in [-0.25, -0.2) is 0 Å². The van der Waals surface area contributed by atoms with Crippen molar-refractivity contribution in [3.8, 4) is 6.07 Å². The van der Waals surface area contributed by atoms with Crippen LogP contribution in [-0.2, 0) is 4.74 Å². The van der Waals surface area contributed by atoms with Gasteiger partial charge in [0.2, 0.25) is 0 Å². The van der Waals surface area contributed by atoms with E-state index in [4.69, 9.17) is 10.00 Å². The SMILES string of the molecule is COC1(C#N)CCC(C)C1. The van der Waals surface area contributed by atoms with Crippen molar-refractivity contribution in [2.24, 2.45) is 5.92 Å². The zero-order valence-electron chi connectivity index (χ0n) is 6.55. The summed E-state index contributed by atoms with van der Waals surface area (Å²) >= 11 is 0. The zero-order valence-corrected chi connectivity index (χ0v) is 6.55. The maximum atomic E-state index is 8.76. The van der Waals surface area contributed by atoms with Crippen LogP contribution < -0.4 is 0 Å². The molecule has 56 valence electrons. The van der Waals surface area contributed by atoms with Crippen LogP contribution in [0, 0.1) is 17.2 Å². The van der Waals surface area contributed by atoms with E-state index < -0.39 is 5.60 Å². The highest BCUT2D eigenvalue weighted by molar-refractivity contribution is 5.06. The van der Waals surface area contributed by atoms with E-state index in [0.717, 1.165) is 19.3 Å². The van der Waals surface area contributed by atoms with Crippen LogP contribution in [0.4, 0.5) is 0 Å². The fourth-order valence-corrected chi connectivity index (χ4v) is 1.58. The summed E-state index contributed by atoms with van der Waals surface area (Å²) in [6.07, 6.45) is 2.93. The van der Waals surface area contributed by atoms with Crippen LogP contribution >= 0.6 is 0 Å². The molecule has 0 aromatic carbocycles. The first-order chi connectivity index (χ1) is 4.72. The summed E-state index contributed by atoms with van der Waals surface area (Å²) in [6.45, 7) is 2.16. The predicted octanol–water partition coefficient (Wildman–Crippen LogP) is 1.72. The Balaban J connectivity index is 2.62. The molecular formula is C8H13NO. The molecule has 1 fully saturated rings. The van der Waals surface area contributed by atoms with Gasteiger partial charge in [0.1, 0.15) is 0 Å². The van der Waals surface area contributed by atoms with E-state index in [9.17, 15) is 0 Å². The Morgan fingerprint density at radius 3 is 2.60 bits per heavy atom. The van der Waals surface area contributed by atoms with Crippen molar-refractivity contribution in [1.82, 2.24) is 0 Å². The number of nitrogens with zero attached hydrogens (tertiary/aromatic N) is 1. The molecule has 2 atom stereocenters. The van der Waals surface area contributed by atoms with E-state index in [1.807, 2.05) is 0 Å². The van der Waals surface area contributed by atoms with Crippen molar-refractivity contribution in [2.75, 3.05) is 7.11 Å². The van der Waals surface area contributed by atoms with Crippen molar-refractivity contribution in [2.45, 2.75) is 31.8 Å². The Kier molecular flexibility index (Phi) is 1.96. The van der Waals surface area contributed by atoms with E-state index >= 15 is 0 Å². The summed E-state index contributed by atoms with van der Waals surface area (Å²) in [4.78, 5) is 0. The molecule has 0 spiro atoms. The van der Waals surface area contributed by atoms with Crippen LogP contribution in [0.1, 0.15) is 26.2 Å².